The molecule has 1 aromatic heterocycles. The van der Waals surface area contributed by atoms with Gasteiger partial charge >= 0.3 is 0 Å². The first-order valence-corrected chi connectivity index (χ1v) is 3.35. The summed E-state index contributed by atoms with van der Waals surface area (Å²) in [7, 11) is 1.58. The van der Waals surface area contributed by atoms with Gasteiger partial charge in [0.1, 0.15) is 5.75 Å². The van der Waals surface area contributed by atoms with Crippen LogP contribution in [0.3, 0.4) is 0 Å². The summed E-state index contributed by atoms with van der Waals surface area (Å²) in [6, 6.07) is 1.74. The van der Waals surface area contributed by atoms with E-state index in [1.807, 2.05) is 0 Å². The van der Waals surface area contributed by atoms with Gasteiger partial charge in [-0.15, -0.1) is 0 Å². The molecule has 0 aliphatic heterocycles. The first kappa shape index (κ1) is 7.85. The molecule has 0 bridgehead atoms. The Morgan fingerprint density at radius 2 is 2.45 bits per heavy atom. The molecule has 2 N–H and O–H groups in total. The molecule has 0 aliphatic carbocycles. The van der Waals surface area contributed by atoms with Crippen LogP contribution in [0.15, 0.2) is 12.3 Å². The van der Waals surface area contributed by atoms with Gasteiger partial charge < -0.3 is 10.5 Å². The van der Waals surface area contributed by atoms with E-state index in [1.54, 1.807) is 19.4 Å². The molecule has 0 amide bonds. The number of nitrogens with zero attached hydrogens (tertiary/aromatic N) is 1. The zero-order valence-corrected chi connectivity index (χ0v) is 6.50. The topological polar surface area (TPSA) is 48.1 Å². The van der Waals surface area contributed by atoms with Crippen molar-refractivity contribution in [3.63, 3.8) is 0 Å². The predicted molar refractivity (Wildman–Crippen MR) is 44.3 cm³/mol. The van der Waals surface area contributed by atoms with Crippen LogP contribution in [0, 0.1) is 6.92 Å². The predicted octanol–water partition coefficient (Wildman–Crippen LogP) is 1.05. The summed E-state index contributed by atoms with van der Waals surface area (Å²) in [6.07, 6.45) is 2.24. The highest BCUT2D eigenvalue weighted by Crippen LogP contribution is 2.16. The number of pyridine rings is 1. The zero-order valence-electron chi connectivity index (χ0n) is 6.50. The number of methoxy groups -OCH3 is 1. The maximum Gasteiger partial charge on any atom is 0.139 e. The second kappa shape index (κ2) is 3.23. The number of nitrogens with two attached hydrogens (primary N) is 1. The highest BCUT2D eigenvalue weighted by atomic mass is 16.5. The summed E-state index contributed by atoms with van der Waals surface area (Å²) >= 11 is 0. The minimum absolute atomic E-state index is 0.607. The lowest BCUT2D eigenvalue weighted by molar-refractivity contribution is 0.413. The summed E-state index contributed by atoms with van der Waals surface area (Å²) in [4.78, 5) is 4.06. The summed E-state index contributed by atoms with van der Waals surface area (Å²) in [5.41, 5.74) is 7.07. The van der Waals surface area contributed by atoms with E-state index < -0.39 is 0 Å². The average Bonchev–Trinajstić information content (AvgIpc) is 2.04. The van der Waals surface area contributed by atoms with Gasteiger partial charge in [-0.05, 0) is 13.3 Å². The van der Waals surface area contributed by atoms with Gasteiger partial charge in [0.15, 0.2) is 0 Å². The summed E-state index contributed by atoms with van der Waals surface area (Å²) in [5, 5.41) is 0. The third-order valence-electron chi connectivity index (χ3n) is 1.45. The van der Waals surface area contributed by atoms with Crippen LogP contribution in [0.25, 0.3) is 0 Å². The summed E-state index contributed by atoms with van der Waals surface area (Å²) in [6.45, 7) is 3.69. The van der Waals surface area contributed by atoms with Crippen LogP contribution in [-0.4, -0.2) is 12.1 Å². The van der Waals surface area contributed by atoms with E-state index in [-0.39, 0.29) is 0 Å². The molecular weight excluding hydrogens is 140 g/mol. The smallest absolute Gasteiger partial charge is 0.139 e. The van der Waals surface area contributed by atoms with Crippen LogP contribution in [0.4, 0.5) is 5.69 Å². The quantitative estimate of drug-likeness (QED) is 0.687. The standard InChI is InChI=1S/C8H11N2O/c1-3-8-7(9)4-6(11-2)5-10-8/h4-5H,1,3,9H2,2H3. The molecule has 0 aliphatic rings. The molecule has 1 heterocycles. The minimum atomic E-state index is 0.607. The van der Waals surface area contributed by atoms with Crippen molar-refractivity contribution in [2.24, 2.45) is 0 Å². The van der Waals surface area contributed by atoms with Gasteiger partial charge in [0.25, 0.3) is 0 Å². The highest BCUT2D eigenvalue weighted by molar-refractivity contribution is 5.47. The number of rotatable bonds is 2. The minimum Gasteiger partial charge on any atom is -0.495 e. The molecule has 11 heavy (non-hydrogen) atoms. The van der Waals surface area contributed by atoms with E-state index in [9.17, 15) is 0 Å². The lowest BCUT2D eigenvalue weighted by Gasteiger charge is -2.03. The van der Waals surface area contributed by atoms with Crippen molar-refractivity contribution >= 4 is 5.69 Å². The largest absolute Gasteiger partial charge is 0.495 e. The van der Waals surface area contributed by atoms with Gasteiger partial charge in [0.2, 0.25) is 0 Å². The second-order valence-corrected chi connectivity index (χ2v) is 2.16. The summed E-state index contributed by atoms with van der Waals surface area (Å²) < 4.78 is 4.93. The van der Waals surface area contributed by atoms with Crippen molar-refractivity contribution in [2.75, 3.05) is 12.8 Å². The lowest BCUT2D eigenvalue weighted by Crippen LogP contribution is -1.97. The Bertz CT molecular complexity index is 248. The van der Waals surface area contributed by atoms with Gasteiger partial charge in [-0.25, -0.2) is 0 Å². The number of aromatic nitrogens is 1. The van der Waals surface area contributed by atoms with Gasteiger partial charge in [0, 0.05) is 6.07 Å². The fourth-order valence-corrected chi connectivity index (χ4v) is 0.810. The fourth-order valence-electron chi connectivity index (χ4n) is 0.810. The molecule has 0 saturated carbocycles. The Hall–Kier alpha value is -1.25. The van der Waals surface area contributed by atoms with E-state index in [2.05, 4.69) is 11.9 Å². The maximum atomic E-state index is 5.62. The Morgan fingerprint density at radius 1 is 1.73 bits per heavy atom. The molecule has 0 fully saturated rings. The van der Waals surface area contributed by atoms with Crippen LogP contribution >= 0.6 is 0 Å². The van der Waals surface area contributed by atoms with E-state index in [0.717, 1.165) is 5.69 Å². The molecule has 3 nitrogen and oxygen atoms in total. The van der Waals surface area contributed by atoms with Crippen LogP contribution in [0.1, 0.15) is 5.69 Å². The average molecular weight is 151 g/mol. The molecule has 0 atom stereocenters. The highest BCUT2D eigenvalue weighted by Gasteiger charge is 1.98. The molecule has 0 saturated heterocycles. The van der Waals surface area contributed by atoms with E-state index in [4.69, 9.17) is 10.5 Å². The maximum absolute atomic E-state index is 5.62. The van der Waals surface area contributed by atoms with Crippen molar-refractivity contribution in [2.45, 2.75) is 6.42 Å². The SMILES string of the molecule is [CH2]Cc1ncc(OC)cc1N. The molecule has 3 heteroatoms. The third-order valence-corrected chi connectivity index (χ3v) is 1.45. The molecule has 0 unspecified atom stereocenters. The summed E-state index contributed by atoms with van der Waals surface area (Å²) in [5.74, 6) is 0.680. The number of hydrogen-bond acceptors (Lipinski definition) is 3. The van der Waals surface area contributed by atoms with E-state index >= 15 is 0 Å². The van der Waals surface area contributed by atoms with Crippen LogP contribution in [0.5, 0.6) is 5.75 Å². The fraction of sp³-hybridized carbons (Fsp3) is 0.250. The third kappa shape index (κ3) is 1.61. The Labute approximate surface area is 66.2 Å². The number of ether oxygens (including phenoxy) is 1. The Balaban J connectivity index is 2.99. The van der Waals surface area contributed by atoms with Crippen LogP contribution < -0.4 is 10.5 Å². The first-order chi connectivity index (χ1) is 5.27. The van der Waals surface area contributed by atoms with Crippen molar-refractivity contribution in [1.29, 1.82) is 0 Å². The van der Waals surface area contributed by atoms with E-state index in [0.29, 0.717) is 17.9 Å². The Kier molecular flexibility index (Phi) is 2.31. The van der Waals surface area contributed by atoms with Gasteiger partial charge in [-0.3, -0.25) is 4.98 Å². The van der Waals surface area contributed by atoms with Crippen LogP contribution in [-0.2, 0) is 6.42 Å². The Morgan fingerprint density at radius 3 is 2.91 bits per heavy atom. The number of hydrogen-bond donors (Lipinski definition) is 1. The van der Waals surface area contributed by atoms with Gasteiger partial charge in [-0.1, -0.05) is 0 Å². The van der Waals surface area contributed by atoms with Crippen LogP contribution in [0.2, 0.25) is 0 Å². The molecule has 1 aromatic rings. The molecule has 1 rings (SSSR count). The number of nitrogen functional groups attached to an aromatic ring is 1. The molecule has 1 radical (unpaired) electrons. The van der Waals surface area contributed by atoms with Crippen molar-refractivity contribution in [3.8, 4) is 5.75 Å². The monoisotopic (exact) mass is 151 g/mol. The lowest BCUT2D eigenvalue weighted by atomic mass is 10.2. The molecule has 59 valence electrons. The van der Waals surface area contributed by atoms with Crippen molar-refractivity contribution in [3.05, 3.63) is 24.9 Å². The molecule has 0 spiro atoms. The van der Waals surface area contributed by atoms with Gasteiger partial charge in [-0.2, -0.15) is 0 Å². The number of anilines is 1. The molecular formula is C8H11N2O. The van der Waals surface area contributed by atoms with Crippen molar-refractivity contribution < 1.29 is 4.74 Å². The first-order valence-electron chi connectivity index (χ1n) is 3.35. The zero-order chi connectivity index (χ0) is 8.27. The van der Waals surface area contributed by atoms with E-state index in [1.165, 1.54) is 0 Å². The second-order valence-electron chi connectivity index (χ2n) is 2.16. The van der Waals surface area contributed by atoms with Gasteiger partial charge in [0.05, 0.1) is 24.7 Å². The van der Waals surface area contributed by atoms with Crippen molar-refractivity contribution in [1.82, 2.24) is 4.98 Å². The molecule has 0 aromatic carbocycles. The normalized spacial score (nSPS) is 9.64.